The summed E-state index contributed by atoms with van der Waals surface area (Å²) in [7, 11) is 0. The summed E-state index contributed by atoms with van der Waals surface area (Å²) in [6, 6.07) is -4.59. The first-order valence-corrected chi connectivity index (χ1v) is 10.8. The summed E-state index contributed by atoms with van der Waals surface area (Å²) in [5, 5.41) is 25.7. The molecule has 184 valence electrons. The summed E-state index contributed by atoms with van der Waals surface area (Å²) in [5.74, 6) is -3.93. The van der Waals surface area contributed by atoms with Crippen molar-refractivity contribution in [1.82, 2.24) is 16.0 Å². The van der Waals surface area contributed by atoms with Gasteiger partial charge >= 0.3 is 5.97 Å². The lowest BCUT2D eigenvalue weighted by Gasteiger charge is -2.27. The number of thiol groups is 1. The molecule has 0 fully saturated rings. The van der Waals surface area contributed by atoms with Crippen LogP contribution in [0, 0.1) is 5.92 Å². The Kier molecular flexibility index (Phi) is 14.0. The van der Waals surface area contributed by atoms with Gasteiger partial charge in [0.15, 0.2) is 5.96 Å². The summed E-state index contributed by atoms with van der Waals surface area (Å²) in [6.45, 7) is 3.14. The molecule has 0 heterocycles. The van der Waals surface area contributed by atoms with E-state index in [2.05, 4.69) is 33.6 Å². The number of nitrogens with one attached hydrogen (secondary N) is 3. The van der Waals surface area contributed by atoms with E-state index in [1.807, 2.05) is 6.92 Å². The molecule has 5 unspecified atom stereocenters. The lowest BCUT2D eigenvalue weighted by Crippen LogP contribution is -2.59. The number of carboxylic acids is 1. The zero-order chi connectivity index (χ0) is 24.8. The smallest absolute Gasteiger partial charge is 0.326 e. The van der Waals surface area contributed by atoms with Crippen LogP contribution < -0.4 is 33.2 Å². The number of amides is 3. The molecule has 0 aromatic carbocycles. The van der Waals surface area contributed by atoms with Gasteiger partial charge in [0, 0.05) is 12.3 Å². The lowest BCUT2D eigenvalue weighted by atomic mass is 9.97. The third-order valence-corrected chi connectivity index (χ3v) is 5.07. The van der Waals surface area contributed by atoms with Gasteiger partial charge in [-0.15, -0.1) is 0 Å². The van der Waals surface area contributed by atoms with E-state index in [0.717, 1.165) is 0 Å². The first-order valence-electron chi connectivity index (χ1n) is 10.1. The Labute approximate surface area is 192 Å². The molecule has 32 heavy (non-hydrogen) atoms. The maximum atomic E-state index is 12.8. The Morgan fingerprint density at radius 1 is 1.03 bits per heavy atom. The van der Waals surface area contributed by atoms with Crippen LogP contribution in [-0.4, -0.2) is 82.9 Å². The quantitative estimate of drug-likeness (QED) is 0.0501. The molecule has 0 aliphatic carbocycles. The highest BCUT2D eigenvalue weighted by Gasteiger charge is 2.31. The largest absolute Gasteiger partial charge is 0.480 e. The molecule has 0 aliphatic rings. The average Bonchev–Trinajstić information content (AvgIpc) is 2.75. The number of hydrogen-bond donors (Lipinski definition) is 9. The third kappa shape index (κ3) is 10.6. The number of aliphatic hydroxyl groups excluding tert-OH is 1. The minimum atomic E-state index is -1.25. The van der Waals surface area contributed by atoms with Crippen molar-refractivity contribution in [2.45, 2.75) is 57.3 Å². The fourth-order valence-corrected chi connectivity index (χ4v) is 2.79. The van der Waals surface area contributed by atoms with E-state index in [9.17, 15) is 24.3 Å². The highest BCUT2D eigenvalue weighted by atomic mass is 32.1. The number of aliphatic hydroxyl groups is 1. The molecule has 14 heteroatoms. The highest BCUT2D eigenvalue weighted by molar-refractivity contribution is 7.80. The predicted octanol–water partition coefficient (Wildman–Crippen LogP) is -3.13. The topological polar surface area (TPSA) is 235 Å². The van der Waals surface area contributed by atoms with Crippen molar-refractivity contribution in [3.8, 4) is 0 Å². The van der Waals surface area contributed by atoms with Crippen molar-refractivity contribution in [2.24, 2.45) is 28.1 Å². The van der Waals surface area contributed by atoms with E-state index in [1.54, 1.807) is 6.92 Å². The zero-order valence-electron chi connectivity index (χ0n) is 18.3. The van der Waals surface area contributed by atoms with Crippen LogP contribution in [0.2, 0.25) is 0 Å². The number of carboxylic acid groups (broad SMARTS) is 1. The molecule has 0 radical (unpaired) electrons. The second kappa shape index (κ2) is 15.3. The molecular weight excluding hydrogens is 442 g/mol. The third-order valence-electron chi connectivity index (χ3n) is 4.70. The van der Waals surface area contributed by atoms with Gasteiger partial charge in [-0.25, -0.2) is 4.79 Å². The molecule has 0 bridgehead atoms. The average molecular weight is 478 g/mol. The van der Waals surface area contributed by atoms with Gasteiger partial charge < -0.3 is 43.4 Å². The molecule has 0 spiro atoms. The number of hydrogen-bond acceptors (Lipinski definition) is 8. The molecule has 5 atom stereocenters. The minimum absolute atomic E-state index is 0.0652. The molecular formula is C18H35N7O6S. The van der Waals surface area contributed by atoms with Crippen LogP contribution in [0.4, 0.5) is 0 Å². The van der Waals surface area contributed by atoms with Crippen molar-refractivity contribution in [1.29, 1.82) is 0 Å². The van der Waals surface area contributed by atoms with Crippen LogP contribution in [0.1, 0.15) is 33.1 Å². The van der Waals surface area contributed by atoms with Crippen LogP contribution in [0.15, 0.2) is 4.99 Å². The van der Waals surface area contributed by atoms with Crippen molar-refractivity contribution in [2.75, 3.05) is 18.9 Å². The summed E-state index contributed by atoms with van der Waals surface area (Å²) in [6.07, 6.45) is 0.900. The maximum Gasteiger partial charge on any atom is 0.326 e. The van der Waals surface area contributed by atoms with Gasteiger partial charge in [-0.3, -0.25) is 19.4 Å². The van der Waals surface area contributed by atoms with Gasteiger partial charge in [-0.05, 0) is 18.8 Å². The normalized spacial score (nSPS) is 15.4. The Morgan fingerprint density at radius 3 is 2.09 bits per heavy atom. The highest BCUT2D eigenvalue weighted by Crippen LogP contribution is 2.09. The SMILES string of the molecule is CCC(C)C(NC(=O)C(N)CO)C(=O)NC(CS)C(=O)NC(CCCN=C(N)N)C(=O)O. The standard InChI is InChI=1S/C18H35N7O6S/c1-3-9(2)13(25-14(27)10(19)7-26)16(29)24-12(8-32)15(28)23-11(17(30)31)5-4-6-22-18(20)21/h9-13,26,32H,3-8,19H2,1-2H3,(H,23,28)(H,24,29)(H,25,27)(H,30,31)(H4,20,21,22). The number of nitrogens with two attached hydrogens (primary N) is 3. The first-order chi connectivity index (χ1) is 15.0. The number of carbonyl (C=O) groups is 4. The van der Waals surface area contributed by atoms with Crippen LogP contribution in [-0.2, 0) is 19.2 Å². The van der Waals surface area contributed by atoms with E-state index in [-0.39, 0.29) is 30.6 Å². The second-order valence-corrected chi connectivity index (χ2v) is 7.62. The monoisotopic (exact) mass is 477 g/mol. The van der Waals surface area contributed by atoms with Gasteiger partial charge in [0.2, 0.25) is 17.7 Å². The minimum Gasteiger partial charge on any atom is -0.480 e. The summed E-state index contributed by atoms with van der Waals surface area (Å²) in [4.78, 5) is 52.6. The van der Waals surface area contributed by atoms with Crippen LogP contribution in [0.3, 0.4) is 0 Å². The van der Waals surface area contributed by atoms with Crippen LogP contribution >= 0.6 is 12.6 Å². The van der Waals surface area contributed by atoms with Crippen molar-refractivity contribution in [3.63, 3.8) is 0 Å². The number of aliphatic imine (C=N–C) groups is 1. The number of aliphatic carboxylic acids is 1. The van der Waals surface area contributed by atoms with E-state index < -0.39 is 54.5 Å². The van der Waals surface area contributed by atoms with E-state index in [1.165, 1.54) is 0 Å². The molecule has 0 saturated carbocycles. The Hall–Kier alpha value is -2.58. The van der Waals surface area contributed by atoms with Crippen LogP contribution in [0.25, 0.3) is 0 Å². The van der Waals surface area contributed by atoms with E-state index >= 15 is 0 Å². The van der Waals surface area contributed by atoms with Gasteiger partial charge in [-0.1, -0.05) is 20.3 Å². The Morgan fingerprint density at radius 2 is 1.62 bits per heavy atom. The molecule has 0 rings (SSSR count). The number of carbonyl (C=O) groups excluding carboxylic acids is 3. The fourth-order valence-electron chi connectivity index (χ4n) is 2.53. The molecule has 11 N–H and O–H groups in total. The van der Waals surface area contributed by atoms with Gasteiger partial charge in [0.25, 0.3) is 0 Å². The van der Waals surface area contributed by atoms with Crippen molar-refractivity contribution < 1.29 is 29.4 Å². The van der Waals surface area contributed by atoms with E-state index in [4.69, 9.17) is 22.3 Å². The first kappa shape index (κ1) is 29.4. The second-order valence-electron chi connectivity index (χ2n) is 7.25. The zero-order valence-corrected chi connectivity index (χ0v) is 19.2. The summed E-state index contributed by atoms with van der Waals surface area (Å²) >= 11 is 4.06. The molecule has 0 aromatic rings. The molecule has 0 aromatic heterocycles. The van der Waals surface area contributed by atoms with Crippen LogP contribution in [0.5, 0.6) is 0 Å². The van der Waals surface area contributed by atoms with Gasteiger partial charge in [0.1, 0.15) is 24.2 Å². The number of nitrogens with zero attached hydrogens (tertiary/aromatic N) is 1. The maximum absolute atomic E-state index is 12.8. The predicted molar refractivity (Wildman–Crippen MR) is 122 cm³/mol. The van der Waals surface area contributed by atoms with Crippen molar-refractivity contribution in [3.05, 3.63) is 0 Å². The lowest BCUT2D eigenvalue weighted by molar-refractivity contribution is -0.142. The Bertz CT molecular complexity index is 674. The molecule has 0 saturated heterocycles. The van der Waals surface area contributed by atoms with Gasteiger partial charge in [-0.2, -0.15) is 12.6 Å². The fraction of sp³-hybridized carbons (Fsp3) is 0.722. The Balaban J connectivity index is 5.18. The summed E-state index contributed by atoms with van der Waals surface area (Å²) in [5.41, 5.74) is 15.9. The van der Waals surface area contributed by atoms with Gasteiger partial charge in [0.05, 0.1) is 6.61 Å². The molecule has 0 aliphatic heterocycles. The number of rotatable bonds is 15. The molecule has 13 nitrogen and oxygen atoms in total. The summed E-state index contributed by atoms with van der Waals surface area (Å²) < 4.78 is 0. The van der Waals surface area contributed by atoms with Crippen molar-refractivity contribution >= 4 is 42.3 Å². The molecule has 3 amide bonds. The van der Waals surface area contributed by atoms with E-state index in [0.29, 0.717) is 12.8 Å². The number of guanidine groups is 1.